The van der Waals surface area contributed by atoms with Crippen LogP contribution in [0.15, 0.2) is 48.8 Å². The Labute approximate surface area is 254 Å². The Hall–Kier alpha value is -3.68. The number of benzene rings is 1. The first kappa shape index (κ1) is 29.4. The third kappa shape index (κ3) is 6.94. The summed E-state index contributed by atoms with van der Waals surface area (Å²) in [6.45, 7) is 2.71. The first-order chi connectivity index (χ1) is 20.9. The number of rotatable bonds is 10. The van der Waals surface area contributed by atoms with Gasteiger partial charge in [0.25, 0.3) is 0 Å². The van der Waals surface area contributed by atoms with Crippen molar-refractivity contribution in [2.75, 3.05) is 18.6 Å². The van der Waals surface area contributed by atoms with E-state index in [1.54, 1.807) is 7.11 Å². The maximum Gasteiger partial charge on any atom is 0.303 e. The Morgan fingerprint density at radius 2 is 1.70 bits per heavy atom. The Balaban J connectivity index is 1.18. The Morgan fingerprint density at radius 1 is 0.953 bits per heavy atom. The highest BCUT2D eigenvalue weighted by Crippen LogP contribution is 2.39. The Kier molecular flexibility index (Phi) is 8.82. The van der Waals surface area contributed by atoms with E-state index >= 15 is 0 Å². The molecule has 0 atom stereocenters. The number of amides is 1. The fourth-order valence-electron chi connectivity index (χ4n) is 7.19. The van der Waals surface area contributed by atoms with Crippen molar-refractivity contribution in [3.05, 3.63) is 60.2 Å². The van der Waals surface area contributed by atoms with Crippen LogP contribution in [-0.4, -0.2) is 45.4 Å². The Bertz CT molecular complexity index is 1430. The third-order valence-electron chi connectivity index (χ3n) is 9.92. The number of hydrogen-bond acceptors (Lipinski definition) is 5. The molecule has 0 saturated heterocycles. The molecule has 3 fully saturated rings. The number of carboxylic acids is 1. The van der Waals surface area contributed by atoms with Gasteiger partial charge in [0.2, 0.25) is 5.91 Å². The molecule has 0 bridgehead atoms. The number of nitrogens with zero attached hydrogens (tertiary/aromatic N) is 4. The van der Waals surface area contributed by atoms with Gasteiger partial charge in [0.05, 0.1) is 25.0 Å². The summed E-state index contributed by atoms with van der Waals surface area (Å²) < 4.78 is 7.47. The van der Waals surface area contributed by atoms with E-state index in [1.165, 1.54) is 12.8 Å². The lowest BCUT2D eigenvalue weighted by molar-refractivity contribution is -0.138. The van der Waals surface area contributed by atoms with E-state index in [-0.39, 0.29) is 24.2 Å². The molecular weight excluding hydrogens is 540 g/mol. The predicted octanol–water partition coefficient (Wildman–Crippen LogP) is 7.19. The second-order valence-electron chi connectivity index (χ2n) is 13.0. The lowest BCUT2D eigenvalue weighted by atomic mass is 9.78. The first-order valence-electron chi connectivity index (χ1n) is 16.1. The molecule has 2 heterocycles. The van der Waals surface area contributed by atoms with Crippen molar-refractivity contribution in [3.63, 3.8) is 0 Å². The molecule has 1 N–H and O–H groups in total. The number of anilines is 1. The van der Waals surface area contributed by atoms with E-state index < -0.39 is 5.97 Å². The molecule has 6 rings (SSSR count). The lowest BCUT2D eigenvalue weighted by Crippen LogP contribution is -2.41. The predicted molar refractivity (Wildman–Crippen MR) is 166 cm³/mol. The maximum absolute atomic E-state index is 14.2. The molecule has 2 aromatic heterocycles. The van der Waals surface area contributed by atoms with Crippen LogP contribution in [-0.2, 0) is 9.59 Å². The van der Waals surface area contributed by atoms with Gasteiger partial charge in [-0.15, -0.1) is 0 Å². The molecule has 3 aliphatic carbocycles. The maximum atomic E-state index is 14.2. The van der Waals surface area contributed by atoms with Crippen molar-refractivity contribution >= 4 is 17.6 Å². The van der Waals surface area contributed by atoms with Crippen LogP contribution < -0.4 is 9.64 Å². The molecule has 0 unspecified atom stereocenters. The molecule has 8 nitrogen and oxygen atoms in total. The highest BCUT2D eigenvalue weighted by Gasteiger charge is 2.33. The molecule has 43 heavy (non-hydrogen) atoms. The molecule has 228 valence electrons. The summed E-state index contributed by atoms with van der Waals surface area (Å²) in [5, 5.41) is 13.8. The van der Waals surface area contributed by atoms with Crippen molar-refractivity contribution < 1.29 is 19.4 Å². The molecular formula is C35H44N4O4. The highest BCUT2D eigenvalue weighted by molar-refractivity contribution is 5.95. The van der Waals surface area contributed by atoms with E-state index in [1.807, 2.05) is 19.2 Å². The zero-order chi connectivity index (χ0) is 29.9. The average molecular weight is 585 g/mol. The summed E-state index contributed by atoms with van der Waals surface area (Å²) in [5.74, 6) is 1.24. The summed E-state index contributed by atoms with van der Waals surface area (Å²) in [7, 11) is 1.68. The number of methoxy groups -OCH3 is 1. The van der Waals surface area contributed by atoms with Crippen LogP contribution >= 0.6 is 0 Å². The minimum atomic E-state index is -0.742. The van der Waals surface area contributed by atoms with Crippen molar-refractivity contribution in [1.82, 2.24) is 14.8 Å². The molecule has 0 aliphatic heterocycles. The topological polar surface area (TPSA) is 97.6 Å². The lowest BCUT2D eigenvalue weighted by Gasteiger charge is -2.36. The van der Waals surface area contributed by atoms with Crippen LogP contribution in [0.1, 0.15) is 94.0 Å². The second-order valence-corrected chi connectivity index (χ2v) is 13.0. The summed E-state index contributed by atoms with van der Waals surface area (Å²) in [5.41, 5.74) is 5.18. The SMILES string of the molecule is COc1ccc([C@H]2CC[C@H](CN(c3cccc(-c4cnn(C5CC5)c4)c3)C(=O)[C@H]3CC[C@H](CC(=O)O)CC3)CC2)nc1C. The quantitative estimate of drug-likeness (QED) is 0.271. The molecule has 1 amide bonds. The minimum Gasteiger partial charge on any atom is -0.495 e. The van der Waals surface area contributed by atoms with Gasteiger partial charge in [0, 0.05) is 47.9 Å². The number of aryl methyl sites for hydroxylation is 1. The van der Waals surface area contributed by atoms with Crippen molar-refractivity contribution in [1.29, 1.82) is 0 Å². The number of pyridine rings is 1. The number of aromatic nitrogens is 3. The van der Waals surface area contributed by atoms with Crippen LogP contribution in [0.25, 0.3) is 11.1 Å². The van der Waals surface area contributed by atoms with Crippen LogP contribution in [0.2, 0.25) is 0 Å². The fraction of sp³-hybridized carbons (Fsp3) is 0.543. The summed E-state index contributed by atoms with van der Waals surface area (Å²) in [6, 6.07) is 13.0. The normalized spacial score (nSPS) is 24.0. The van der Waals surface area contributed by atoms with E-state index in [4.69, 9.17) is 9.72 Å². The Morgan fingerprint density at radius 3 is 2.37 bits per heavy atom. The summed E-state index contributed by atoms with van der Waals surface area (Å²) in [4.78, 5) is 32.4. The molecule has 3 saturated carbocycles. The van der Waals surface area contributed by atoms with Gasteiger partial charge in [-0.25, -0.2) is 0 Å². The molecule has 0 radical (unpaired) electrons. The molecule has 1 aromatic carbocycles. The van der Waals surface area contributed by atoms with Crippen molar-refractivity contribution in [2.24, 2.45) is 17.8 Å². The highest BCUT2D eigenvalue weighted by atomic mass is 16.5. The number of hydrogen-bond donors (Lipinski definition) is 1. The van der Waals surface area contributed by atoms with Gasteiger partial charge in [-0.3, -0.25) is 19.3 Å². The van der Waals surface area contributed by atoms with E-state index in [9.17, 15) is 14.7 Å². The van der Waals surface area contributed by atoms with Crippen LogP contribution in [0, 0.1) is 24.7 Å². The van der Waals surface area contributed by atoms with Gasteiger partial charge in [-0.1, -0.05) is 12.1 Å². The van der Waals surface area contributed by atoms with Crippen LogP contribution in [0.3, 0.4) is 0 Å². The molecule has 0 spiro atoms. The second kappa shape index (κ2) is 12.9. The van der Waals surface area contributed by atoms with Gasteiger partial charge >= 0.3 is 5.97 Å². The van der Waals surface area contributed by atoms with Crippen molar-refractivity contribution in [2.45, 2.75) is 89.5 Å². The minimum absolute atomic E-state index is 0.0610. The smallest absolute Gasteiger partial charge is 0.303 e. The number of ether oxygens (including phenoxy) is 1. The number of aliphatic carboxylic acids is 1. The summed E-state index contributed by atoms with van der Waals surface area (Å²) >= 11 is 0. The van der Waals surface area contributed by atoms with E-state index in [0.29, 0.717) is 24.4 Å². The van der Waals surface area contributed by atoms with Gasteiger partial charge in [0.1, 0.15) is 5.75 Å². The van der Waals surface area contributed by atoms with E-state index in [2.05, 4.69) is 51.2 Å². The average Bonchev–Trinajstić information content (AvgIpc) is 3.76. The van der Waals surface area contributed by atoms with Gasteiger partial charge in [-0.05, 0) is 113 Å². The largest absolute Gasteiger partial charge is 0.495 e. The van der Waals surface area contributed by atoms with Crippen LogP contribution in [0.4, 0.5) is 5.69 Å². The van der Waals surface area contributed by atoms with Gasteiger partial charge in [-0.2, -0.15) is 5.10 Å². The van der Waals surface area contributed by atoms with Gasteiger partial charge in [0.15, 0.2) is 0 Å². The zero-order valence-corrected chi connectivity index (χ0v) is 25.5. The van der Waals surface area contributed by atoms with Crippen LogP contribution in [0.5, 0.6) is 5.75 Å². The number of carboxylic acid groups (broad SMARTS) is 1. The fourth-order valence-corrected chi connectivity index (χ4v) is 7.19. The molecule has 3 aliphatic rings. The monoisotopic (exact) mass is 584 g/mol. The standard InChI is InChI=1S/C35H44N4O4/c1-23-33(43-2)17-16-32(37-23)26-10-8-25(9-11-26)21-38(35(42)27-12-6-24(7-13-27)18-34(40)41)31-5-3-4-28(19-31)29-20-36-39(22-29)30-14-15-30/h3-5,16-17,19-20,22,24-27,30H,6-15,18,21H2,1-2H3,(H,40,41)/t24-,25-,26-,27-. The molecule has 8 heteroatoms. The van der Waals surface area contributed by atoms with E-state index in [0.717, 1.165) is 85.3 Å². The number of carbonyl (C=O) groups is 2. The number of carbonyl (C=O) groups excluding carboxylic acids is 1. The third-order valence-corrected chi connectivity index (χ3v) is 9.92. The zero-order valence-electron chi connectivity index (χ0n) is 25.5. The first-order valence-corrected chi connectivity index (χ1v) is 16.1. The van der Waals surface area contributed by atoms with Gasteiger partial charge < -0.3 is 14.7 Å². The molecule has 3 aromatic rings. The van der Waals surface area contributed by atoms with Crippen molar-refractivity contribution in [3.8, 4) is 16.9 Å². The summed E-state index contributed by atoms with van der Waals surface area (Å²) in [6.07, 6.45) is 14.0.